The fraction of sp³-hybridized carbons (Fsp3) is 0.525. The van der Waals surface area contributed by atoms with Gasteiger partial charge >= 0.3 is 30.2 Å². The summed E-state index contributed by atoms with van der Waals surface area (Å²) in [6.45, 7) is 21.0. The fourth-order valence-corrected chi connectivity index (χ4v) is 5.25. The third-order valence-corrected chi connectivity index (χ3v) is 7.58. The second-order valence-corrected chi connectivity index (χ2v) is 18.0. The number of ether oxygens (including phenoxy) is 5. The van der Waals surface area contributed by atoms with Crippen LogP contribution < -0.4 is 24.8 Å². The normalized spacial score (nSPS) is 12.7. The summed E-state index contributed by atoms with van der Waals surface area (Å²) >= 11 is 0.923. The quantitative estimate of drug-likeness (QED) is 0.0358. The number of aromatic nitrogens is 3. The maximum atomic E-state index is 13.5. The number of rotatable bonds is 15. The van der Waals surface area contributed by atoms with Gasteiger partial charge in [-0.1, -0.05) is 5.16 Å². The number of hydrogen-bond donors (Lipinski definition) is 3. The summed E-state index contributed by atoms with van der Waals surface area (Å²) in [7, 11) is 0. The van der Waals surface area contributed by atoms with Crippen molar-refractivity contribution < 1.29 is 62.2 Å². The number of pyridine rings is 2. The molecule has 3 N–H and O–H groups in total. The average Bonchev–Trinajstić information content (AvgIpc) is 3.53. The van der Waals surface area contributed by atoms with E-state index in [0.29, 0.717) is 25.2 Å². The van der Waals surface area contributed by atoms with E-state index in [2.05, 4.69) is 25.8 Å². The van der Waals surface area contributed by atoms with E-state index < -0.39 is 71.0 Å². The van der Waals surface area contributed by atoms with Crippen molar-refractivity contribution >= 4 is 63.9 Å². The van der Waals surface area contributed by atoms with Crippen LogP contribution in [0.3, 0.4) is 0 Å². The molecule has 0 aromatic carbocycles. The van der Waals surface area contributed by atoms with Crippen LogP contribution >= 0.6 is 11.3 Å². The second kappa shape index (κ2) is 20.3. The lowest BCUT2D eigenvalue weighted by atomic mass is 10.2. The molecule has 0 fully saturated rings. The van der Waals surface area contributed by atoms with Crippen LogP contribution in [-0.2, 0) is 39.9 Å². The molecule has 3 amide bonds. The molecule has 0 aliphatic heterocycles. The van der Waals surface area contributed by atoms with Crippen molar-refractivity contribution in [3.05, 3.63) is 53.9 Å². The lowest BCUT2D eigenvalue weighted by Gasteiger charge is -2.26. The smallest absolute Gasteiger partial charge is 0.420 e. The predicted molar refractivity (Wildman–Crippen MR) is 220 cm³/mol. The maximum Gasteiger partial charge on any atom is 0.420 e. The Morgan fingerprint density at radius 1 is 0.833 bits per heavy atom. The largest absolute Gasteiger partial charge is 0.487 e. The molecule has 3 aromatic rings. The van der Waals surface area contributed by atoms with E-state index in [4.69, 9.17) is 28.5 Å². The van der Waals surface area contributed by atoms with Crippen molar-refractivity contribution in [2.45, 2.75) is 125 Å². The van der Waals surface area contributed by atoms with E-state index in [1.807, 2.05) is 4.57 Å². The van der Waals surface area contributed by atoms with Gasteiger partial charge in [0, 0.05) is 30.5 Å². The third kappa shape index (κ3) is 17.4. The van der Waals surface area contributed by atoms with Gasteiger partial charge in [-0.2, -0.15) is 0 Å². The lowest BCUT2D eigenvalue weighted by Crippen LogP contribution is -2.38. The molecule has 3 heterocycles. The number of carbonyl (C=O) groups excluding carboxylic acids is 4. The molecule has 20 heteroatoms. The highest BCUT2D eigenvalue weighted by molar-refractivity contribution is 7.14. The topological polar surface area (TPSA) is 230 Å². The first-order valence-corrected chi connectivity index (χ1v) is 19.8. The maximum absolute atomic E-state index is 13.5. The first-order valence-electron chi connectivity index (χ1n) is 18.9. The number of hydrogen-bond acceptors (Lipinski definition) is 15. The molecule has 60 heavy (non-hydrogen) atoms. The van der Waals surface area contributed by atoms with Crippen LogP contribution in [-0.4, -0.2) is 92.7 Å². The number of carboxylic acids is 1. The number of aryl methyl sites for hydroxylation is 1. The van der Waals surface area contributed by atoms with E-state index in [-0.39, 0.29) is 22.4 Å². The molecule has 0 saturated carbocycles. The molecule has 0 saturated heterocycles. The number of alkyl carbamates (subject to hydrolysis) is 1. The van der Waals surface area contributed by atoms with Gasteiger partial charge in [-0.05, 0) is 95.2 Å². The molecular formula is C40H56N7O12S+. The number of anilines is 3. The van der Waals surface area contributed by atoms with Crippen molar-refractivity contribution in [1.82, 2.24) is 15.3 Å². The third-order valence-electron chi connectivity index (χ3n) is 6.82. The molecule has 328 valence electrons. The van der Waals surface area contributed by atoms with E-state index in [9.17, 15) is 29.1 Å². The highest BCUT2D eigenvalue weighted by Gasteiger charge is 2.31. The van der Waals surface area contributed by atoms with Gasteiger partial charge in [0.1, 0.15) is 52.8 Å². The number of esters is 1. The van der Waals surface area contributed by atoms with Crippen LogP contribution in [0.15, 0.2) is 53.4 Å². The van der Waals surface area contributed by atoms with Gasteiger partial charge in [0.2, 0.25) is 5.71 Å². The molecule has 0 spiro atoms. The highest BCUT2D eigenvalue weighted by atomic mass is 32.1. The van der Waals surface area contributed by atoms with Gasteiger partial charge < -0.3 is 38.9 Å². The monoisotopic (exact) mass is 858 g/mol. The number of carbonyl (C=O) groups is 5. The van der Waals surface area contributed by atoms with Gasteiger partial charge in [-0.3, -0.25) is 5.32 Å². The van der Waals surface area contributed by atoms with Crippen molar-refractivity contribution in [3.63, 3.8) is 0 Å². The summed E-state index contributed by atoms with van der Waals surface area (Å²) in [5, 5.41) is 20.1. The van der Waals surface area contributed by atoms with Gasteiger partial charge in [-0.15, -0.1) is 11.3 Å². The summed E-state index contributed by atoms with van der Waals surface area (Å²) in [6.07, 6.45) is 1.97. The summed E-state index contributed by atoms with van der Waals surface area (Å²) in [5.74, 6) is -2.08. The van der Waals surface area contributed by atoms with E-state index in [0.717, 1.165) is 11.3 Å². The van der Waals surface area contributed by atoms with Crippen LogP contribution in [0.4, 0.5) is 31.0 Å². The number of oxime groups is 1. The minimum Gasteiger partial charge on any atom is -0.487 e. The van der Waals surface area contributed by atoms with E-state index >= 15 is 0 Å². The van der Waals surface area contributed by atoms with Crippen molar-refractivity contribution in [2.75, 3.05) is 23.4 Å². The standard InChI is InChI=1S/C40H55N7O12S/c1-37(2,3)55-32(50)28(59-45-30(31(48)49)27-24-60-33(43-27)44-35(52)57-39(7,8)9)23-54-26-14-15-29(42-22-26)47(36(53)58-40(10,11)12)25-16-20-46(21-17-25)19-13-18-41-34(51)56-38(4,5)6/h14-17,20-22,24,28H,13,18-19,23H2,1-12H3,(H2-,41,43,44,48,49,51,52)/p+1/b45-30-. The molecular weight excluding hydrogens is 803 g/mol. The number of nitrogens with one attached hydrogen (secondary N) is 2. The highest BCUT2D eigenvalue weighted by Crippen LogP contribution is 2.27. The van der Waals surface area contributed by atoms with Crippen molar-refractivity contribution in [2.24, 2.45) is 5.16 Å². The number of nitrogens with zero attached hydrogens (tertiary/aromatic N) is 5. The Labute approximate surface area is 353 Å². The second-order valence-electron chi connectivity index (χ2n) is 17.1. The first-order chi connectivity index (χ1) is 27.7. The molecule has 0 aliphatic carbocycles. The number of carboxylic acid groups (broad SMARTS) is 1. The number of amides is 3. The van der Waals surface area contributed by atoms with Crippen LogP contribution in [0, 0.1) is 0 Å². The number of aliphatic carboxylic acids is 1. The van der Waals surface area contributed by atoms with E-state index in [1.54, 1.807) is 108 Å². The molecule has 19 nitrogen and oxygen atoms in total. The molecule has 1 unspecified atom stereocenters. The minimum absolute atomic E-state index is 0.0406. The summed E-state index contributed by atoms with van der Waals surface area (Å²) in [6, 6.07) is 6.46. The Hall–Kier alpha value is -6.05. The zero-order valence-electron chi connectivity index (χ0n) is 36.1. The Morgan fingerprint density at radius 3 is 1.98 bits per heavy atom. The minimum atomic E-state index is -1.56. The lowest BCUT2D eigenvalue weighted by molar-refractivity contribution is -0.697. The van der Waals surface area contributed by atoms with Gasteiger partial charge in [-0.25, -0.2) is 43.4 Å². The predicted octanol–water partition coefficient (Wildman–Crippen LogP) is 6.76. The van der Waals surface area contributed by atoms with Crippen molar-refractivity contribution in [1.29, 1.82) is 0 Å². The van der Waals surface area contributed by atoms with Crippen LogP contribution in [0.25, 0.3) is 0 Å². The Morgan fingerprint density at radius 2 is 1.43 bits per heavy atom. The SMILES string of the molecule is CC(C)(C)OC(=O)NCCC[n+]1ccc(N(C(=O)OC(C)(C)C)c2ccc(OCC(O/N=C(\C(=O)O)c3csc(NC(=O)OC(C)(C)C)n3)C(=O)OC(C)(C)C)cn2)cc1. The Balaban J connectivity index is 1.78. The average molecular weight is 859 g/mol. The molecule has 1 atom stereocenters. The zero-order chi connectivity index (χ0) is 45.1. The van der Waals surface area contributed by atoms with Crippen LogP contribution in [0.5, 0.6) is 5.75 Å². The zero-order valence-corrected chi connectivity index (χ0v) is 36.9. The number of thiazole rings is 1. The van der Waals surface area contributed by atoms with Gasteiger partial charge in [0.15, 0.2) is 17.5 Å². The summed E-state index contributed by atoms with van der Waals surface area (Å²) in [5.41, 5.74) is -3.51. The molecule has 3 rings (SSSR count). The summed E-state index contributed by atoms with van der Waals surface area (Å²) < 4.78 is 29.3. The molecule has 3 aromatic heterocycles. The Kier molecular flexibility index (Phi) is 16.3. The van der Waals surface area contributed by atoms with Crippen LogP contribution in [0.2, 0.25) is 0 Å². The molecule has 0 bridgehead atoms. The van der Waals surface area contributed by atoms with Crippen molar-refractivity contribution in [3.8, 4) is 5.75 Å². The van der Waals surface area contributed by atoms with Gasteiger partial charge in [0.25, 0.3) is 6.10 Å². The first kappa shape index (κ1) is 48.3. The van der Waals surface area contributed by atoms with Crippen LogP contribution in [0.1, 0.15) is 95.2 Å². The Bertz CT molecular complexity index is 1980. The van der Waals surface area contributed by atoms with Gasteiger partial charge in [0.05, 0.1) is 11.9 Å². The fourth-order valence-electron chi connectivity index (χ4n) is 4.57. The molecule has 0 radical (unpaired) electrons. The van der Waals surface area contributed by atoms with E-state index in [1.165, 1.54) is 28.6 Å². The molecule has 0 aliphatic rings. The summed E-state index contributed by atoms with van der Waals surface area (Å²) in [4.78, 5) is 78.2.